The largest absolute Gasteiger partial charge is 0.477 e. The van der Waals surface area contributed by atoms with E-state index in [1.165, 1.54) is 0 Å². The number of benzene rings is 1. The average Bonchev–Trinajstić information content (AvgIpc) is 2.88. The van der Waals surface area contributed by atoms with E-state index in [0.29, 0.717) is 23.8 Å². The normalized spacial score (nSPS) is 17.1. The summed E-state index contributed by atoms with van der Waals surface area (Å²) in [6.45, 7) is 5.06. The highest BCUT2D eigenvalue weighted by Crippen LogP contribution is 2.13. The second-order valence-electron chi connectivity index (χ2n) is 5.29. The van der Waals surface area contributed by atoms with Crippen LogP contribution in [0.25, 0.3) is 11.5 Å². The van der Waals surface area contributed by atoms with Gasteiger partial charge in [0.05, 0.1) is 6.04 Å². The third-order valence-corrected chi connectivity index (χ3v) is 3.18. The van der Waals surface area contributed by atoms with Crippen LogP contribution in [0.4, 0.5) is 0 Å². The van der Waals surface area contributed by atoms with Gasteiger partial charge in [-0.25, -0.2) is 0 Å². The summed E-state index contributed by atoms with van der Waals surface area (Å²) in [5.41, 5.74) is 0.125. The monoisotopic (exact) mass is 267 g/mol. The summed E-state index contributed by atoms with van der Waals surface area (Å²) < 4.78 is 5.67. The summed E-state index contributed by atoms with van der Waals surface area (Å²) in [7, 11) is 0. The molecule has 0 saturated carbocycles. The summed E-state index contributed by atoms with van der Waals surface area (Å²) in [6.07, 6.45) is 1.07. The van der Waals surface area contributed by atoms with Crippen molar-refractivity contribution >= 4 is 11.5 Å². The van der Waals surface area contributed by atoms with Gasteiger partial charge in [-0.3, -0.25) is 0 Å². The van der Waals surface area contributed by atoms with Crippen molar-refractivity contribution in [2.45, 2.75) is 26.3 Å². The van der Waals surface area contributed by atoms with Crippen molar-refractivity contribution in [2.24, 2.45) is 5.92 Å². The molecular formula is C16H17N3O. The maximum absolute atomic E-state index is 8.83. The van der Waals surface area contributed by atoms with Crippen molar-refractivity contribution in [1.82, 2.24) is 5.32 Å². The van der Waals surface area contributed by atoms with E-state index in [9.17, 15) is 0 Å². The van der Waals surface area contributed by atoms with Gasteiger partial charge in [-0.05, 0) is 24.5 Å². The molecule has 4 heteroatoms. The number of ether oxygens (including phenoxy) is 1. The molecule has 1 aliphatic rings. The molecule has 0 spiro atoms. The van der Waals surface area contributed by atoms with E-state index in [1.807, 2.05) is 24.3 Å². The van der Waals surface area contributed by atoms with E-state index in [1.54, 1.807) is 12.1 Å². The van der Waals surface area contributed by atoms with E-state index in [4.69, 9.17) is 15.3 Å². The molecule has 1 saturated heterocycles. The van der Waals surface area contributed by atoms with Crippen molar-refractivity contribution in [1.29, 1.82) is 10.5 Å². The molecule has 0 aliphatic carbocycles. The maximum atomic E-state index is 8.83. The van der Waals surface area contributed by atoms with Crippen LogP contribution in [0, 0.1) is 28.6 Å². The van der Waals surface area contributed by atoms with Crippen LogP contribution < -0.4 is 15.8 Å². The molecule has 20 heavy (non-hydrogen) atoms. The quantitative estimate of drug-likeness (QED) is 0.867. The molecule has 2 rings (SSSR count). The van der Waals surface area contributed by atoms with Gasteiger partial charge in [0, 0.05) is 10.4 Å². The Balaban J connectivity index is 2.28. The van der Waals surface area contributed by atoms with Gasteiger partial charge in [-0.2, -0.15) is 10.5 Å². The molecule has 1 heterocycles. The van der Waals surface area contributed by atoms with Gasteiger partial charge in [-0.1, -0.05) is 26.0 Å². The Morgan fingerprint density at radius 1 is 1.30 bits per heavy atom. The summed E-state index contributed by atoms with van der Waals surface area (Å²) in [4.78, 5) is 0. The number of hydrogen-bond acceptors (Lipinski definition) is 4. The highest BCUT2D eigenvalue weighted by atomic mass is 16.5. The second kappa shape index (κ2) is 6.12. The Bertz CT molecular complexity index is 652. The third kappa shape index (κ3) is 3.10. The smallest absolute Gasteiger partial charge is 0.194 e. The van der Waals surface area contributed by atoms with E-state index < -0.39 is 0 Å². The van der Waals surface area contributed by atoms with Crippen LogP contribution in [0.1, 0.15) is 20.3 Å². The van der Waals surface area contributed by atoms with Crippen LogP contribution in [0.15, 0.2) is 24.3 Å². The number of nitrogens with one attached hydrogen (secondary N) is 1. The molecular weight excluding hydrogens is 250 g/mol. The molecule has 1 atom stereocenters. The van der Waals surface area contributed by atoms with E-state index >= 15 is 0 Å². The van der Waals surface area contributed by atoms with E-state index in [2.05, 4.69) is 19.2 Å². The SMILES string of the molecule is CC(C)CC1COC(=c2ccc(=C(C#N)C#N)cc2)N1. The van der Waals surface area contributed by atoms with Crippen LogP contribution >= 0.6 is 0 Å². The van der Waals surface area contributed by atoms with Gasteiger partial charge in [0.15, 0.2) is 5.88 Å². The van der Waals surface area contributed by atoms with Crippen LogP contribution in [-0.4, -0.2) is 12.6 Å². The van der Waals surface area contributed by atoms with Crippen molar-refractivity contribution in [3.05, 3.63) is 34.7 Å². The fraction of sp³-hybridized carbons (Fsp3) is 0.375. The zero-order valence-electron chi connectivity index (χ0n) is 11.7. The van der Waals surface area contributed by atoms with Gasteiger partial charge >= 0.3 is 0 Å². The first-order chi connectivity index (χ1) is 9.63. The zero-order valence-corrected chi connectivity index (χ0v) is 11.7. The molecule has 0 radical (unpaired) electrons. The van der Waals surface area contributed by atoms with Crippen LogP contribution in [0.3, 0.4) is 0 Å². The van der Waals surface area contributed by atoms with Crippen LogP contribution in [0.5, 0.6) is 0 Å². The second-order valence-corrected chi connectivity index (χ2v) is 5.29. The Morgan fingerprint density at radius 3 is 2.50 bits per heavy atom. The summed E-state index contributed by atoms with van der Waals surface area (Å²) in [6, 6.07) is 11.4. The third-order valence-electron chi connectivity index (χ3n) is 3.18. The predicted molar refractivity (Wildman–Crippen MR) is 76.1 cm³/mol. The first kappa shape index (κ1) is 14.0. The highest BCUT2D eigenvalue weighted by Gasteiger charge is 2.20. The number of rotatable bonds is 2. The van der Waals surface area contributed by atoms with Gasteiger partial charge in [0.25, 0.3) is 0 Å². The minimum absolute atomic E-state index is 0.125. The average molecular weight is 267 g/mol. The zero-order chi connectivity index (χ0) is 14.5. The molecule has 1 fully saturated rings. The fourth-order valence-corrected chi connectivity index (χ4v) is 2.26. The van der Waals surface area contributed by atoms with Crippen molar-refractivity contribution < 1.29 is 4.74 Å². The first-order valence-electron chi connectivity index (χ1n) is 6.68. The summed E-state index contributed by atoms with van der Waals surface area (Å²) in [5, 5.41) is 22.6. The lowest BCUT2D eigenvalue weighted by Crippen LogP contribution is -2.26. The molecule has 1 aliphatic heterocycles. The van der Waals surface area contributed by atoms with Gasteiger partial charge in [-0.15, -0.1) is 0 Å². The molecule has 1 aromatic rings. The van der Waals surface area contributed by atoms with Gasteiger partial charge in [0.1, 0.15) is 24.3 Å². The van der Waals surface area contributed by atoms with Gasteiger partial charge < -0.3 is 10.1 Å². The highest BCUT2D eigenvalue weighted by molar-refractivity contribution is 5.72. The lowest BCUT2D eigenvalue weighted by atomic mass is 10.1. The molecule has 1 N–H and O–H groups in total. The number of nitriles is 2. The maximum Gasteiger partial charge on any atom is 0.194 e. The Morgan fingerprint density at radius 2 is 1.95 bits per heavy atom. The van der Waals surface area contributed by atoms with Crippen molar-refractivity contribution in [3.63, 3.8) is 0 Å². The fourth-order valence-electron chi connectivity index (χ4n) is 2.26. The number of nitrogens with zero attached hydrogens (tertiary/aromatic N) is 2. The van der Waals surface area contributed by atoms with Gasteiger partial charge in [0.2, 0.25) is 0 Å². The minimum Gasteiger partial charge on any atom is -0.477 e. The van der Waals surface area contributed by atoms with Crippen molar-refractivity contribution in [3.8, 4) is 12.1 Å². The minimum atomic E-state index is 0.125. The Kier molecular flexibility index (Phi) is 4.27. The summed E-state index contributed by atoms with van der Waals surface area (Å²) >= 11 is 0. The molecule has 4 nitrogen and oxygen atoms in total. The van der Waals surface area contributed by atoms with Crippen LogP contribution in [0.2, 0.25) is 0 Å². The predicted octanol–water partition coefficient (Wildman–Crippen LogP) is 0.985. The molecule has 1 unspecified atom stereocenters. The molecule has 0 bridgehead atoms. The molecule has 0 amide bonds. The standard InChI is InChI=1S/C16H17N3O/c1-11(2)7-15-10-20-16(19-15)13-5-3-12(4-6-13)14(8-17)9-18/h3-6,11,15,19H,7,10H2,1-2H3. The number of hydrogen-bond donors (Lipinski definition) is 1. The topological polar surface area (TPSA) is 68.8 Å². The van der Waals surface area contributed by atoms with Crippen LogP contribution in [-0.2, 0) is 4.74 Å². The molecule has 102 valence electrons. The van der Waals surface area contributed by atoms with Crippen molar-refractivity contribution in [2.75, 3.05) is 6.61 Å². The molecule has 1 aromatic carbocycles. The first-order valence-corrected chi connectivity index (χ1v) is 6.68. The Hall–Kier alpha value is -2.46. The van der Waals surface area contributed by atoms with E-state index in [-0.39, 0.29) is 5.57 Å². The lowest BCUT2D eigenvalue weighted by molar-refractivity contribution is 0.290. The van der Waals surface area contributed by atoms with E-state index in [0.717, 1.165) is 17.5 Å². The summed E-state index contributed by atoms with van der Waals surface area (Å²) in [5.74, 6) is 1.40. The molecule has 0 aromatic heterocycles. The lowest BCUT2D eigenvalue weighted by Gasteiger charge is -2.09. The Labute approximate surface area is 118 Å².